The van der Waals surface area contributed by atoms with Crippen LogP contribution in [0, 0.1) is 0 Å². The van der Waals surface area contributed by atoms with Gasteiger partial charge in [0.05, 0.1) is 24.4 Å². The molecule has 0 aliphatic carbocycles. The van der Waals surface area contributed by atoms with Crippen molar-refractivity contribution in [1.29, 1.82) is 0 Å². The third-order valence-corrected chi connectivity index (χ3v) is 4.21. The zero-order valence-corrected chi connectivity index (χ0v) is 13.7. The van der Waals surface area contributed by atoms with Gasteiger partial charge in [-0.1, -0.05) is 0 Å². The maximum absolute atomic E-state index is 12.2. The second-order valence-electron chi connectivity index (χ2n) is 3.96. The van der Waals surface area contributed by atoms with Crippen LogP contribution in [-0.4, -0.2) is 26.1 Å². The molecule has 1 aromatic carbocycles. The van der Waals surface area contributed by atoms with E-state index in [4.69, 9.17) is 4.74 Å². The number of amides is 1. The fraction of sp³-hybridized carbons (Fsp3) is 0.143. The van der Waals surface area contributed by atoms with Crippen LogP contribution in [0.3, 0.4) is 0 Å². The Labute approximate surface area is 134 Å². The summed E-state index contributed by atoms with van der Waals surface area (Å²) >= 11 is 4.54. The molecule has 1 aromatic heterocycles. The first-order valence-corrected chi connectivity index (χ1v) is 7.54. The standard InChI is InChI=1S/C14H12BrNO4S/c1-19-11-4-3-8(7-9(11)15)13(17)16-10-5-6-21-12(10)14(18)20-2/h3-7H,1-2H3,(H,16,17). The van der Waals surface area contributed by atoms with Crippen molar-refractivity contribution in [3.63, 3.8) is 0 Å². The molecule has 5 nitrogen and oxygen atoms in total. The first kappa shape index (κ1) is 15.5. The fourth-order valence-corrected chi connectivity index (χ4v) is 2.97. The van der Waals surface area contributed by atoms with Crippen LogP contribution < -0.4 is 10.1 Å². The molecule has 2 aromatic rings. The van der Waals surface area contributed by atoms with Crippen LogP contribution in [0.5, 0.6) is 5.75 Å². The Kier molecular flexibility index (Phi) is 4.98. The number of carbonyl (C=O) groups is 2. The molecule has 0 spiro atoms. The Hall–Kier alpha value is -1.86. The highest BCUT2D eigenvalue weighted by atomic mass is 79.9. The lowest BCUT2D eigenvalue weighted by Crippen LogP contribution is -2.14. The molecule has 21 heavy (non-hydrogen) atoms. The molecule has 0 aliphatic rings. The quantitative estimate of drug-likeness (QED) is 0.836. The number of hydrogen-bond donors (Lipinski definition) is 1. The van der Waals surface area contributed by atoms with Gasteiger partial charge in [-0.05, 0) is 45.6 Å². The lowest BCUT2D eigenvalue weighted by Gasteiger charge is -2.08. The van der Waals surface area contributed by atoms with Crippen molar-refractivity contribution in [3.05, 3.63) is 44.6 Å². The van der Waals surface area contributed by atoms with Crippen LogP contribution in [0.1, 0.15) is 20.0 Å². The first-order valence-electron chi connectivity index (χ1n) is 5.87. The number of halogens is 1. The number of esters is 1. The molecule has 1 heterocycles. The van der Waals surface area contributed by atoms with Crippen molar-refractivity contribution >= 4 is 44.8 Å². The molecule has 0 saturated carbocycles. The molecule has 0 atom stereocenters. The highest BCUT2D eigenvalue weighted by molar-refractivity contribution is 9.10. The van der Waals surface area contributed by atoms with Crippen molar-refractivity contribution < 1.29 is 19.1 Å². The minimum atomic E-state index is -0.476. The highest BCUT2D eigenvalue weighted by Gasteiger charge is 2.16. The number of rotatable bonds is 4. The van der Waals surface area contributed by atoms with Gasteiger partial charge in [-0.15, -0.1) is 11.3 Å². The molecule has 0 aliphatic heterocycles. The molecule has 7 heteroatoms. The van der Waals surface area contributed by atoms with Crippen LogP contribution >= 0.6 is 27.3 Å². The molecule has 0 bridgehead atoms. The van der Waals surface area contributed by atoms with E-state index < -0.39 is 5.97 Å². The van der Waals surface area contributed by atoms with Crippen molar-refractivity contribution in [2.75, 3.05) is 19.5 Å². The van der Waals surface area contributed by atoms with Crippen LogP contribution in [0.2, 0.25) is 0 Å². The van der Waals surface area contributed by atoms with E-state index in [9.17, 15) is 9.59 Å². The van der Waals surface area contributed by atoms with E-state index in [0.717, 1.165) is 0 Å². The smallest absolute Gasteiger partial charge is 0.350 e. The van der Waals surface area contributed by atoms with E-state index in [1.165, 1.54) is 18.4 Å². The van der Waals surface area contributed by atoms with Gasteiger partial charge in [-0.25, -0.2) is 4.79 Å². The summed E-state index contributed by atoms with van der Waals surface area (Å²) in [5.41, 5.74) is 0.883. The van der Waals surface area contributed by atoms with E-state index in [2.05, 4.69) is 26.0 Å². The summed E-state index contributed by atoms with van der Waals surface area (Å²) in [6, 6.07) is 6.64. The number of ether oxygens (including phenoxy) is 2. The number of benzene rings is 1. The lowest BCUT2D eigenvalue weighted by atomic mass is 10.2. The predicted molar refractivity (Wildman–Crippen MR) is 84.3 cm³/mol. The number of carbonyl (C=O) groups excluding carboxylic acids is 2. The SMILES string of the molecule is COC(=O)c1sccc1NC(=O)c1ccc(OC)c(Br)c1. The van der Waals surface area contributed by atoms with E-state index in [0.29, 0.717) is 26.4 Å². The second-order valence-corrected chi connectivity index (χ2v) is 5.73. The normalized spacial score (nSPS) is 10.0. The Bertz CT molecular complexity index is 683. The summed E-state index contributed by atoms with van der Waals surface area (Å²) in [7, 11) is 2.85. The van der Waals surface area contributed by atoms with Crippen molar-refractivity contribution in [2.45, 2.75) is 0 Å². The molecule has 0 fully saturated rings. The first-order chi connectivity index (χ1) is 10.1. The molecular formula is C14H12BrNO4S. The molecule has 2 rings (SSSR count). The van der Waals surface area contributed by atoms with Gasteiger partial charge < -0.3 is 14.8 Å². The maximum Gasteiger partial charge on any atom is 0.350 e. The zero-order chi connectivity index (χ0) is 15.4. The zero-order valence-electron chi connectivity index (χ0n) is 11.3. The highest BCUT2D eigenvalue weighted by Crippen LogP contribution is 2.27. The second kappa shape index (κ2) is 6.73. The van der Waals surface area contributed by atoms with Gasteiger partial charge in [0, 0.05) is 5.56 Å². The summed E-state index contributed by atoms with van der Waals surface area (Å²) in [4.78, 5) is 24.1. The Morgan fingerprint density at radius 1 is 1.24 bits per heavy atom. The predicted octanol–water partition coefficient (Wildman–Crippen LogP) is 3.56. The Morgan fingerprint density at radius 3 is 2.62 bits per heavy atom. The summed E-state index contributed by atoms with van der Waals surface area (Å²) in [6.45, 7) is 0. The number of nitrogens with one attached hydrogen (secondary N) is 1. The number of methoxy groups -OCH3 is 2. The largest absolute Gasteiger partial charge is 0.496 e. The van der Waals surface area contributed by atoms with E-state index in [1.807, 2.05) is 0 Å². The van der Waals surface area contributed by atoms with Gasteiger partial charge in [-0.2, -0.15) is 0 Å². The van der Waals surface area contributed by atoms with Crippen molar-refractivity contribution in [2.24, 2.45) is 0 Å². The minimum absolute atomic E-state index is 0.318. The van der Waals surface area contributed by atoms with Gasteiger partial charge in [0.15, 0.2) is 0 Å². The third-order valence-electron chi connectivity index (χ3n) is 2.70. The Morgan fingerprint density at radius 2 is 2.00 bits per heavy atom. The minimum Gasteiger partial charge on any atom is -0.496 e. The Balaban J connectivity index is 2.21. The average molecular weight is 370 g/mol. The fourth-order valence-electron chi connectivity index (χ4n) is 1.66. The van der Waals surface area contributed by atoms with Gasteiger partial charge in [0.2, 0.25) is 0 Å². The number of thiophene rings is 1. The maximum atomic E-state index is 12.2. The molecule has 110 valence electrons. The summed E-state index contributed by atoms with van der Waals surface area (Å²) in [5, 5.41) is 4.41. The van der Waals surface area contributed by atoms with E-state index in [1.54, 1.807) is 36.8 Å². The van der Waals surface area contributed by atoms with Crippen molar-refractivity contribution in [3.8, 4) is 5.75 Å². The molecule has 0 saturated heterocycles. The lowest BCUT2D eigenvalue weighted by molar-refractivity contribution is 0.0607. The van der Waals surface area contributed by atoms with Crippen LogP contribution in [-0.2, 0) is 4.74 Å². The molecule has 0 unspecified atom stereocenters. The van der Waals surface area contributed by atoms with Crippen LogP contribution in [0.4, 0.5) is 5.69 Å². The number of hydrogen-bond acceptors (Lipinski definition) is 5. The molecule has 1 N–H and O–H groups in total. The molecular weight excluding hydrogens is 358 g/mol. The van der Waals surface area contributed by atoms with Crippen LogP contribution in [0.25, 0.3) is 0 Å². The molecule has 0 radical (unpaired) electrons. The van der Waals surface area contributed by atoms with Gasteiger partial charge in [-0.3, -0.25) is 4.79 Å². The van der Waals surface area contributed by atoms with E-state index >= 15 is 0 Å². The topological polar surface area (TPSA) is 64.6 Å². The van der Waals surface area contributed by atoms with Crippen LogP contribution in [0.15, 0.2) is 34.1 Å². The monoisotopic (exact) mass is 369 g/mol. The van der Waals surface area contributed by atoms with Gasteiger partial charge in [0.1, 0.15) is 10.6 Å². The van der Waals surface area contributed by atoms with Crippen molar-refractivity contribution in [1.82, 2.24) is 0 Å². The summed E-state index contributed by atoms with van der Waals surface area (Å²) in [6.07, 6.45) is 0. The van der Waals surface area contributed by atoms with Gasteiger partial charge >= 0.3 is 5.97 Å². The third kappa shape index (κ3) is 3.43. The summed E-state index contributed by atoms with van der Waals surface area (Å²) in [5.74, 6) is -0.157. The van der Waals surface area contributed by atoms with Gasteiger partial charge in [0.25, 0.3) is 5.91 Å². The number of anilines is 1. The average Bonchev–Trinajstić information content (AvgIpc) is 2.94. The molecule has 1 amide bonds. The van der Waals surface area contributed by atoms with E-state index in [-0.39, 0.29) is 5.91 Å². The summed E-state index contributed by atoms with van der Waals surface area (Å²) < 4.78 is 10.5.